The van der Waals surface area contributed by atoms with Gasteiger partial charge in [-0.3, -0.25) is 14.4 Å². The number of hydrogen-bond acceptors (Lipinski definition) is 5. The van der Waals surface area contributed by atoms with Gasteiger partial charge in [0, 0.05) is 24.2 Å². The van der Waals surface area contributed by atoms with E-state index >= 15 is 0 Å². The summed E-state index contributed by atoms with van der Waals surface area (Å²) in [6.45, 7) is 0.164. The molecule has 0 aliphatic heterocycles. The number of ether oxygens (including phenoxy) is 2. The Morgan fingerprint density at radius 2 is 1.44 bits per heavy atom. The Bertz CT molecular complexity index is 1010. The van der Waals surface area contributed by atoms with E-state index in [1.807, 2.05) is 0 Å². The summed E-state index contributed by atoms with van der Waals surface area (Å²) in [6.07, 6.45) is 2.45. The Kier molecular flexibility index (Phi) is 8.39. The van der Waals surface area contributed by atoms with Crippen LogP contribution in [0.3, 0.4) is 0 Å². The third-order valence-corrected chi connectivity index (χ3v) is 5.60. The molecule has 0 bridgehead atoms. The van der Waals surface area contributed by atoms with Crippen LogP contribution in [0.5, 0.6) is 11.5 Å². The molecule has 0 aromatic heterocycles. The molecule has 8 nitrogen and oxygen atoms in total. The summed E-state index contributed by atoms with van der Waals surface area (Å²) in [5, 5.41) is 14.2. The Morgan fingerprint density at radius 3 is 1.94 bits per heavy atom. The monoisotopic (exact) mass is 476 g/mol. The zero-order valence-electron chi connectivity index (χ0n) is 18.6. The summed E-state index contributed by atoms with van der Waals surface area (Å²) in [4.78, 5) is 35.4. The molecular formula is C24H26F2N2O6. The van der Waals surface area contributed by atoms with E-state index in [9.17, 15) is 23.2 Å². The number of carboxylic acids is 1. The zero-order chi connectivity index (χ0) is 24.7. The second-order valence-electron chi connectivity index (χ2n) is 7.94. The van der Waals surface area contributed by atoms with E-state index in [1.165, 1.54) is 0 Å². The lowest BCUT2D eigenvalue weighted by Crippen LogP contribution is -2.34. The van der Waals surface area contributed by atoms with Crippen LogP contribution in [-0.4, -0.2) is 49.2 Å². The highest BCUT2D eigenvalue weighted by Gasteiger charge is 2.27. The number of carboxylic acid groups (broad SMARTS) is 1. The molecule has 0 spiro atoms. The highest BCUT2D eigenvalue weighted by Crippen LogP contribution is 2.28. The topological polar surface area (TPSA) is 114 Å². The Balaban J connectivity index is 1.41. The summed E-state index contributed by atoms with van der Waals surface area (Å²) in [7, 11) is 1.12. The van der Waals surface area contributed by atoms with Crippen molar-refractivity contribution in [3.63, 3.8) is 0 Å². The minimum atomic E-state index is -0.985. The maximum Gasteiger partial charge on any atom is 0.306 e. The minimum Gasteiger partial charge on any atom is -0.491 e. The Morgan fingerprint density at radius 1 is 0.912 bits per heavy atom. The van der Waals surface area contributed by atoms with E-state index in [2.05, 4.69) is 15.4 Å². The van der Waals surface area contributed by atoms with Crippen molar-refractivity contribution in [2.24, 2.45) is 5.92 Å². The van der Waals surface area contributed by atoms with E-state index < -0.39 is 29.3 Å². The van der Waals surface area contributed by atoms with Crippen molar-refractivity contribution in [1.29, 1.82) is 0 Å². The molecule has 1 fully saturated rings. The second-order valence-corrected chi connectivity index (χ2v) is 7.94. The van der Waals surface area contributed by atoms with Gasteiger partial charge in [0.2, 0.25) is 0 Å². The van der Waals surface area contributed by atoms with Gasteiger partial charge in [0.05, 0.1) is 19.1 Å². The number of amides is 2. The predicted molar refractivity (Wildman–Crippen MR) is 118 cm³/mol. The fourth-order valence-electron chi connectivity index (χ4n) is 3.75. The van der Waals surface area contributed by atoms with Gasteiger partial charge in [-0.1, -0.05) is 0 Å². The van der Waals surface area contributed by atoms with Crippen LogP contribution in [0.1, 0.15) is 46.4 Å². The number of hydrogen-bond donors (Lipinski definition) is 3. The lowest BCUT2D eigenvalue weighted by Gasteiger charge is -2.26. The van der Waals surface area contributed by atoms with Crippen molar-refractivity contribution in [2.45, 2.75) is 31.8 Å². The van der Waals surface area contributed by atoms with Crippen molar-refractivity contribution in [3.05, 3.63) is 59.2 Å². The molecule has 2 amide bonds. The van der Waals surface area contributed by atoms with Crippen LogP contribution < -0.4 is 20.1 Å². The van der Waals surface area contributed by atoms with Gasteiger partial charge in [-0.25, -0.2) is 8.78 Å². The van der Waals surface area contributed by atoms with Crippen molar-refractivity contribution in [3.8, 4) is 11.5 Å². The van der Waals surface area contributed by atoms with Crippen molar-refractivity contribution in [2.75, 3.05) is 20.2 Å². The van der Waals surface area contributed by atoms with E-state index in [0.717, 1.165) is 19.2 Å². The SMILES string of the molecule is COc1c(F)cc(C(=O)NCCNC(=O)c2ccc(OC3CCC(C(=O)O)CC3)cc2)cc1F. The van der Waals surface area contributed by atoms with Gasteiger partial charge in [0.15, 0.2) is 17.4 Å². The highest BCUT2D eigenvalue weighted by molar-refractivity contribution is 5.95. The van der Waals surface area contributed by atoms with E-state index in [1.54, 1.807) is 24.3 Å². The fourth-order valence-corrected chi connectivity index (χ4v) is 3.75. The van der Waals surface area contributed by atoms with E-state index in [0.29, 0.717) is 37.0 Å². The number of benzene rings is 2. The minimum absolute atomic E-state index is 0.0495. The normalized spacial score (nSPS) is 17.5. The van der Waals surface area contributed by atoms with Gasteiger partial charge < -0.3 is 25.2 Å². The molecule has 10 heteroatoms. The Hall–Kier alpha value is -3.69. The summed E-state index contributed by atoms with van der Waals surface area (Å²) in [5.74, 6) is -4.06. The summed E-state index contributed by atoms with van der Waals surface area (Å²) in [6, 6.07) is 8.30. The molecule has 0 atom stereocenters. The van der Waals surface area contributed by atoms with Gasteiger partial charge in [-0.15, -0.1) is 0 Å². The average molecular weight is 476 g/mol. The third kappa shape index (κ3) is 6.43. The van der Waals surface area contributed by atoms with Crippen LogP contribution in [0.15, 0.2) is 36.4 Å². The molecule has 0 radical (unpaired) electrons. The number of halogens is 2. The maximum absolute atomic E-state index is 13.7. The van der Waals surface area contributed by atoms with Gasteiger partial charge in [-0.05, 0) is 62.1 Å². The van der Waals surface area contributed by atoms with Crippen LogP contribution in [0.4, 0.5) is 8.78 Å². The van der Waals surface area contributed by atoms with E-state index in [4.69, 9.17) is 9.84 Å². The van der Waals surface area contributed by atoms with Gasteiger partial charge in [0.25, 0.3) is 11.8 Å². The smallest absolute Gasteiger partial charge is 0.306 e. The lowest BCUT2D eigenvalue weighted by atomic mass is 9.87. The van der Waals surface area contributed by atoms with Crippen LogP contribution in [-0.2, 0) is 4.79 Å². The molecule has 3 rings (SSSR count). The standard InChI is InChI=1S/C24H26F2N2O6/c1-33-21-19(25)12-16(13-20(21)26)23(30)28-11-10-27-22(29)14-2-6-17(7-3-14)34-18-8-4-15(5-9-18)24(31)32/h2-3,6-7,12-13,15,18H,4-5,8-11H2,1H3,(H,27,29)(H,28,30)(H,31,32). The van der Waals surface area contributed by atoms with Gasteiger partial charge in [0.1, 0.15) is 5.75 Å². The zero-order valence-corrected chi connectivity index (χ0v) is 18.6. The summed E-state index contributed by atoms with van der Waals surface area (Å²) in [5.41, 5.74) is 0.196. The highest BCUT2D eigenvalue weighted by atomic mass is 19.1. The van der Waals surface area contributed by atoms with Crippen molar-refractivity contribution in [1.82, 2.24) is 10.6 Å². The predicted octanol–water partition coefficient (Wildman–Crippen LogP) is 3.16. The molecular weight excluding hydrogens is 450 g/mol. The molecule has 34 heavy (non-hydrogen) atoms. The third-order valence-electron chi connectivity index (χ3n) is 5.60. The number of nitrogens with one attached hydrogen (secondary N) is 2. The molecule has 2 aromatic rings. The van der Waals surface area contributed by atoms with Crippen molar-refractivity contribution >= 4 is 17.8 Å². The summed E-state index contributed by atoms with van der Waals surface area (Å²) >= 11 is 0. The first-order valence-electron chi connectivity index (χ1n) is 10.9. The number of aliphatic carboxylic acids is 1. The number of rotatable bonds is 9. The first-order valence-corrected chi connectivity index (χ1v) is 10.9. The van der Waals surface area contributed by atoms with Crippen LogP contribution in [0.25, 0.3) is 0 Å². The largest absolute Gasteiger partial charge is 0.491 e. The van der Waals surface area contributed by atoms with Gasteiger partial charge >= 0.3 is 5.97 Å². The molecule has 0 unspecified atom stereocenters. The van der Waals surface area contributed by atoms with Gasteiger partial charge in [-0.2, -0.15) is 0 Å². The van der Waals surface area contributed by atoms with Crippen LogP contribution in [0, 0.1) is 17.6 Å². The Labute approximate surface area is 195 Å². The second kappa shape index (κ2) is 11.4. The fraction of sp³-hybridized carbons (Fsp3) is 0.375. The first-order chi connectivity index (χ1) is 16.3. The molecule has 0 heterocycles. The summed E-state index contributed by atoms with van der Waals surface area (Å²) < 4.78 is 37.9. The quantitative estimate of drug-likeness (QED) is 0.479. The molecule has 3 N–H and O–H groups in total. The molecule has 2 aromatic carbocycles. The molecule has 1 saturated carbocycles. The maximum atomic E-state index is 13.7. The number of carbonyl (C=O) groups is 3. The van der Waals surface area contributed by atoms with Crippen molar-refractivity contribution < 1.29 is 37.7 Å². The lowest BCUT2D eigenvalue weighted by molar-refractivity contribution is -0.143. The molecule has 182 valence electrons. The molecule has 1 aliphatic carbocycles. The van der Waals surface area contributed by atoms with Crippen LogP contribution >= 0.6 is 0 Å². The van der Waals surface area contributed by atoms with Crippen LogP contribution in [0.2, 0.25) is 0 Å². The number of carbonyl (C=O) groups excluding carboxylic acids is 2. The number of methoxy groups -OCH3 is 1. The molecule has 1 aliphatic rings. The molecule has 0 saturated heterocycles. The first kappa shape index (κ1) is 24.9. The van der Waals surface area contributed by atoms with E-state index in [-0.39, 0.29) is 36.6 Å². The average Bonchev–Trinajstić information content (AvgIpc) is 2.82.